The maximum atomic E-state index is 12.4. The molecule has 0 aromatic rings. The van der Waals surface area contributed by atoms with Crippen LogP contribution in [0.4, 0.5) is 0 Å². The molecule has 1 rings (SSSR count). The molecule has 0 spiro atoms. The molecule has 1 aliphatic heterocycles. The van der Waals surface area contributed by atoms with E-state index in [1.807, 2.05) is 20.8 Å². The van der Waals surface area contributed by atoms with Crippen LogP contribution in [0.15, 0.2) is 0 Å². The summed E-state index contributed by atoms with van der Waals surface area (Å²) in [6.07, 6.45) is 3.60. The van der Waals surface area contributed by atoms with E-state index in [1.165, 1.54) is 0 Å². The van der Waals surface area contributed by atoms with Gasteiger partial charge in [0.15, 0.2) is 0 Å². The van der Waals surface area contributed by atoms with Crippen molar-refractivity contribution in [1.29, 1.82) is 0 Å². The molecule has 0 aromatic heterocycles. The predicted molar refractivity (Wildman–Crippen MR) is 83.3 cm³/mol. The van der Waals surface area contributed by atoms with Crippen molar-refractivity contribution in [3.05, 3.63) is 0 Å². The van der Waals surface area contributed by atoms with Crippen molar-refractivity contribution in [2.75, 3.05) is 13.1 Å². The Morgan fingerprint density at radius 3 is 2.36 bits per heavy atom. The predicted octanol–water partition coefficient (Wildman–Crippen LogP) is 1.78. The molecule has 0 aliphatic carbocycles. The van der Waals surface area contributed by atoms with Gasteiger partial charge in [0, 0.05) is 19.5 Å². The number of carboxylic acids is 1. The van der Waals surface area contributed by atoms with Crippen molar-refractivity contribution in [2.24, 2.45) is 5.41 Å². The number of carbonyl (C=O) groups excluding carboxylic acids is 2. The molecule has 6 heteroatoms. The summed E-state index contributed by atoms with van der Waals surface area (Å²) in [5.74, 6) is -1.10. The second-order valence-electron chi connectivity index (χ2n) is 6.01. The number of nitrogens with one attached hydrogen (secondary N) is 1. The van der Waals surface area contributed by atoms with Gasteiger partial charge in [-0.25, -0.2) is 0 Å². The first kappa shape index (κ1) is 18.5. The maximum absolute atomic E-state index is 12.4. The van der Waals surface area contributed by atoms with Crippen molar-refractivity contribution >= 4 is 17.8 Å². The molecule has 0 saturated carbocycles. The first-order chi connectivity index (χ1) is 10.4. The molecular weight excluding hydrogens is 284 g/mol. The van der Waals surface area contributed by atoms with Gasteiger partial charge in [0.25, 0.3) is 0 Å². The summed E-state index contributed by atoms with van der Waals surface area (Å²) in [5, 5.41) is 12.2. The SMILES string of the molecule is CCCC(=O)N1CCCC1C(=O)NCC(CC)(CC)C(=O)O. The van der Waals surface area contributed by atoms with Crippen LogP contribution in [0.3, 0.4) is 0 Å². The molecule has 0 radical (unpaired) electrons. The normalized spacial score (nSPS) is 18.3. The third-order valence-electron chi connectivity index (χ3n) is 4.75. The number of hydrogen-bond donors (Lipinski definition) is 2. The Bertz CT molecular complexity index is 418. The highest BCUT2D eigenvalue weighted by Crippen LogP contribution is 2.26. The number of aliphatic carboxylic acids is 1. The monoisotopic (exact) mass is 312 g/mol. The zero-order chi connectivity index (χ0) is 16.8. The van der Waals surface area contributed by atoms with E-state index >= 15 is 0 Å². The van der Waals surface area contributed by atoms with E-state index < -0.39 is 17.4 Å². The summed E-state index contributed by atoms with van der Waals surface area (Å²) >= 11 is 0. The number of hydrogen-bond acceptors (Lipinski definition) is 3. The average molecular weight is 312 g/mol. The largest absolute Gasteiger partial charge is 0.481 e. The maximum Gasteiger partial charge on any atom is 0.311 e. The Hall–Kier alpha value is -1.59. The smallest absolute Gasteiger partial charge is 0.311 e. The second-order valence-corrected chi connectivity index (χ2v) is 6.01. The summed E-state index contributed by atoms with van der Waals surface area (Å²) in [7, 11) is 0. The van der Waals surface area contributed by atoms with E-state index in [0.29, 0.717) is 32.2 Å². The van der Waals surface area contributed by atoms with Crippen LogP contribution < -0.4 is 5.32 Å². The number of likely N-dealkylation sites (tertiary alicyclic amines) is 1. The Balaban J connectivity index is 2.68. The minimum absolute atomic E-state index is 0.00984. The molecule has 0 bridgehead atoms. The van der Waals surface area contributed by atoms with Crippen molar-refractivity contribution in [3.63, 3.8) is 0 Å². The molecule has 1 fully saturated rings. The lowest BCUT2D eigenvalue weighted by Gasteiger charge is -2.29. The van der Waals surface area contributed by atoms with Gasteiger partial charge in [0.05, 0.1) is 5.41 Å². The number of amides is 2. The summed E-state index contributed by atoms with van der Waals surface area (Å²) in [6.45, 7) is 6.29. The van der Waals surface area contributed by atoms with Crippen LogP contribution in [0, 0.1) is 5.41 Å². The zero-order valence-electron chi connectivity index (χ0n) is 13.9. The molecule has 1 unspecified atom stereocenters. The van der Waals surface area contributed by atoms with Gasteiger partial charge in [0.1, 0.15) is 6.04 Å². The highest BCUT2D eigenvalue weighted by atomic mass is 16.4. The summed E-state index contributed by atoms with van der Waals surface area (Å²) in [5.41, 5.74) is -0.924. The van der Waals surface area contributed by atoms with E-state index in [0.717, 1.165) is 12.8 Å². The Morgan fingerprint density at radius 1 is 1.23 bits per heavy atom. The van der Waals surface area contributed by atoms with Crippen molar-refractivity contribution in [1.82, 2.24) is 10.2 Å². The molecular formula is C16H28N2O4. The zero-order valence-corrected chi connectivity index (χ0v) is 13.9. The molecule has 1 aliphatic rings. The minimum atomic E-state index is -0.924. The highest BCUT2D eigenvalue weighted by molar-refractivity contribution is 5.88. The Labute approximate surface area is 132 Å². The molecule has 2 amide bonds. The molecule has 1 atom stereocenters. The van der Waals surface area contributed by atoms with E-state index in [4.69, 9.17) is 0 Å². The van der Waals surface area contributed by atoms with Crippen LogP contribution in [0.1, 0.15) is 59.3 Å². The van der Waals surface area contributed by atoms with Crippen molar-refractivity contribution in [2.45, 2.75) is 65.3 Å². The van der Waals surface area contributed by atoms with Gasteiger partial charge >= 0.3 is 5.97 Å². The standard InChI is InChI=1S/C16H28N2O4/c1-4-8-13(19)18-10-7-9-12(18)14(20)17-11-16(5-2,6-3)15(21)22/h12H,4-11H2,1-3H3,(H,17,20)(H,21,22). The lowest BCUT2D eigenvalue weighted by molar-refractivity contribution is -0.150. The van der Waals surface area contributed by atoms with Crippen LogP contribution in [0.25, 0.3) is 0 Å². The summed E-state index contributed by atoms with van der Waals surface area (Å²) < 4.78 is 0. The fourth-order valence-corrected chi connectivity index (χ4v) is 2.95. The van der Waals surface area contributed by atoms with Crippen molar-refractivity contribution < 1.29 is 19.5 Å². The van der Waals surface area contributed by atoms with E-state index in [9.17, 15) is 19.5 Å². The number of carbonyl (C=O) groups is 3. The number of carboxylic acid groups (broad SMARTS) is 1. The van der Waals surface area contributed by atoms with Gasteiger partial charge in [-0.3, -0.25) is 14.4 Å². The van der Waals surface area contributed by atoms with Gasteiger partial charge in [-0.1, -0.05) is 20.8 Å². The van der Waals surface area contributed by atoms with Crippen LogP contribution >= 0.6 is 0 Å². The molecule has 126 valence electrons. The highest BCUT2D eigenvalue weighted by Gasteiger charge is 2.38. The van der Waals surface area contributed by atoms with Crippen LogP contribution in [-0.2, 0) is 14.4 Å². The van der Waals surface area contributed by atoms with E-state index in [1.54, 1.807) is 4.90 Å². The molecule has 1 heterocycles. The lowest BCUT2D eigenvalue weighted by Crippen LogP contribution is -2.50. The van der Waals surface area contributed by atoms with Gasteiger partial charge in [0.2, 0.25) is 11.8 Å². The Kier molecular flexibility index (Phi) is 6.84. The lowest BCUT2D eigenvalue weighted by atomic mass is 9.82. The minimum Gasteiger partial charge on any atom is -0.481 e. The fraction of sp³-hybridized carbons (Fsp3) is 0.812. The first-order valence-corrected chi connectivity index (χ1v) is 8.22. The molecule has 1 saturated heterocycles. The molecule has 2 N–H and O–H groups in total. The quantitative estimate of drug-likeness (QED) is 0.715. The van der Waals surface area contributed by atoms with Crippen molar-refractivity contribution in [3.8, 4) is 0 Å². The summed E-state index contributed by atoms with van der Waals surface area (Å²) in [4.78, 5) is 37.5. The van der Waals surface area contributed by atoms with E-state index in [2.05, 4.69) is 5.32 Å². The van der Waals surface area contributed by atoms with Gasteiger partial charge in [-0.15, -0.1) is 0 Å². The van der Waals surface area contributed by atoms with Crippen LogP contribution in [0.2, 0.25) is 0 Å². The second kappa shape index (κ2) is 8.15. The topological polar surface area (TPSA) is 86.7 Å². The van der Waals surface area contributed by atoms with Crippen LogP contribution in [-0.4, -0.2) is 46.9 Å². The van der Waals surface area contributed by atoms with E-state index in [-0.39, 0.29) is 18.4 Å². The molecule has 22 heavy (non-hydrogen) atoms. The first-order valence-electron chi connectivity index (χ1n) is 8.22. The third kappa shape index (κ3) is 3.99. The van der Waals surface area contributed by atoms with Gasteiger partial charge < -0.3 is 15.3 Å². The summed E-state index contributed by atoms with van der Waals surface area (Å²) in [6, 6.07) is -0.445. The number of nitrogens with zero attached hydrogens (tertiary/aromatic N) is 1. The fourth-order valence-electron chi connectivity index (χ4n) is 2.95. The third-order valence-corrected chi connectivity index (χ3v) is 4.75. The van der Waals surface area contributed by atoms with Gasteiger partial charge in [-0.2, -0.15) is 0 Å². The van der Waals surface area contributed by atoms with Gasteiger partial charge in [-0.05, 0) is 32.1 Å². The molecule has 6 nitrogen and oxygen atoms in total. The molecule has 0 aromatic carbocycles. The Morgan fingerprint density at radius 2 is 1.86 bits per heavy atom. The number of rotatable bonds is 8. The average Bonchev–Trinajstić information content (AvgIpc) is 2.98. The van der Waals surface area contributed by atoms with Crippen LogP contribution in [0.5, 0.6) is 0 Å².